The minimum absolute atomic E-state index is 0.0257. The Hall–Kier alpha value is -2.04. The van der Waals surface area contributed by atoms with E-state index in [1.165, 1.54) is 109 Å². The lowest BCUT2D eigenvalue weighted by atomic mass is 10.0. The third kappa shape index (κ3) is 34.7. The van der Waals surface area contributed by atoms with Crippen molar-refractivity contribution in [2.75, 3.05) is 13.2 Å². The van der Waals surface area contributed by atoms with Gasteiger partial charge in [0.2, 0.25) is 0 Å². The summed E-state index contributed by atoms with van der Waals surface area (Å²) in [6.45, 7) is 10.2. The fourth-order valence-corrected chi connectivity index (χ4v) is 5.24. The molecule has 0 radical (unpaired) electrons. The summed E-state index contributed by atoms with van der Waals surface area (Å²) in [7, 11) is 0. The van der Waals surface area contributed by atoms with Gasteiger partial charge >= 0.3 is 11.9 Å². The molecule has 0 aromatic carbocycles. The Balaban J connectivity index is 3.88. The fraction of sp³-hybridized carbons (Fsp3) is 0.800. The maximum absolute atomic E-state index is 12.4. The number of rotatable bonds is 34. The third-order valence-electron chi connectivity index (χ3n) is 8.09. The molecule has 0 aliphatic rings. The second-order valence-electron chi connectivity index (χ2n) is 12.8. The van der Waals surface area contributed by atoms with Crippen molar-refractivity contribution in [3.8, 4) is 0 Å². The molecule has 0 fully saturated rings. The van der Waals surface area contributed by atoms with Crippen LogP contribution in [0.2, 0.25) is 0 Å². The van der Waals surface area contributed by atoms with E-state index in [-0.39, 0.29) is 25.2 Å². The van der Waals surface area contributed by atoms with Crippen LogP contribution in [0.1, 0.15) is 188 Å². The first kappa shape index (κ1) is 43.0. The molecule has 262 valence electrons. The number of carbonyl (C=O) groups is 2. The molecule has 0 N–H and O–H groups in total. The largest absolute Gasteiger partial charge is 0.495 e. The van der Waals surface area contributed by atoms with Crippen molar-refractivity contribution in [3.63, 3.8) is 0 Å². The molecule has 0 aliphatic heterocycles. The normalized spacial score (nSPS) is 12.2. The second kappa shape index (κ2) is 34.8. The average Bonchev–Trinajstić information content (AvgIpc) is 3.02. The van der Waals surface area contributed by atoms with Gasteiger partial charge in [-0.15, -0.1) is 0 Å². The van der Waals surface area contributed by atoms with Gasteiger partial charge in [0, 0.05) is 12.8 Å². The number of carbonyl (C=O) groups excluding carboxylic acids is 2. The van der Waals surface area contributed by atoms with Gasteiger partial charge in [-0.25, -0.2) is 0 Å². The van der Waals surface area contributed by atoms with Gasteiger partial charge in [-0.1, -0.05) is 160 Å². The van der Waals surface area contributed by atoms with Gasteiger partial charge < -0.3 is 14.2 Å². The average molecular weight is 633 g/mol. The summed E-state index contributed by atoms with van der Waals surface area (Å²) in [6, 6.07) is 0. The maximum Gasteiger partial charge on any atom is 0.306 e. The SMILES string of the molecule is C=C(C)OCC(COC(=O)CCCCCCCC/C=C/C=C\CCCCC)OC(=O)CCCCCCCCCCCCCCC. The Morgan fingerprint density at radius 2 is 0.911 bits per heavy atom. The Kier molecular flexibility index (Phi) is 33.2. The third-order valence-corrected chi connectivity index (χ3v) is 8.09. The first-order chi connectivity index (χ1) is 22.0. The minimum atomic E-state index is -0.606. The molecule has 0 saturated carbocycles. The summed E-state index contributed by atoms with van der Waals surface area (Å²) in [5, 5.41) is 0. The summed E-state index contributed by atoms with van der Waals surface area (Å²) in [4.78, 5) is 24.7. The molecule has 0 spiro atoms. The van der Waals surface area contributed by atoms with Gasteiger partial charge in [0.05, 0.1) is 5.76 Å². The van der Waals surface area contributed by atoms with Gasteiger partial charge in [-0.3, -0.25) is 9.59 Å². The van der Waals surface area contributed by atoms with Crippen LogP contribution in [0.3, 0.4) is 0 Å². The van der Waals surface area contributed by atoms with E-state index in [0.717, 1.165) is 44.9 Å². The molecular formula is C40H72O5. The highest BCUT2D eigenvalue weighted by atomic mass is 16.6. The quantitative estimate of drug-likeness (QED) is 0.0306. The van der Waals surface area contributed by atoms with Gasteiger partial charge in [-0.05, 0) is 45.4 Å². The van der Waals surface area contributed by atoms with Crippen LogP contribution >= 0.6 is 0 Å². The Bertz CT molecular complexity index is 741. The van der Waals surface area contributed by atoms with Crippen LogP contribution in [0.4, 0.5) is 0 Å². The molecule has 0 aromatic heterocycles. The van der Waals surface area contributed by atoms with Crippen molar-refractivity contribution in [1.82, 2.24) is 0 Å². The molecule has 0 heterocycles. The van der Waals surface area contributed by atoms with Crippen LogP contribution in [0.5, 0.6) is 0 Å². The van der Waals surface area contributed by atoms with E-state index in [2.05, 4.69) is 44.7 Å². The van der Waals surface area contributed by atoms with E-state index in [4.69, 9.17) is 14.2 Å². The Morgan fingerprint density at radius 1 is 0.533 bits per heavy atom. The molecule has 45 heavy (non-hydrogen) atoms. The number of unbranched alkanes of at least 4 members (excludes halogenated alkanes) is 21. The molecule has 0 bridgehead atoms. The second-order valence-corrected chi connectivity index (χ2v) is 12.8. The van der Waals surface area contributed by atoms with E-state index in [1.54, 1.807) is 6.92 Å². The molecule has 5 heteroatoms. The number of allylic oxidation sites excluding steroid dienone is 5. The van der Waals surface area contributed by atoms with E-state index in [9.17, 15) is 9.59 Å². The molecule has 5 nitrogen and oxygen atoms in total. The molecule has 0 aromatic rings. The van der Waals surface area contributed by atoms with E-state index < -0.39 is 6.10 Å². The van der Waals surface area contributed by atoms with Gasteiger partial charge in [0.25, 0.3) is 0 Å². The van der Waals surface area contributed by atoms with Crippen molar-refractivity contribution in [1.29, 1.82) is 0 Å². The highest BCUT2D eigenvalue weighted by Gasteiger charge is 2.18. The predicted molar refractivity (Wildman–Crippen MR) is 191 cm³/mol. The van der Waals surface area contributed by atoms with Crippen LogP contribution in [0.25, 0.3) is 0 Å². The number of esters is 2. The van der Waals surface area contributed by atoms with Gasteiger partial charge in [0.1, 0.15) is 13.2 Å². The number of hydrogen-bond donors (Lipinski definition) is 0. The summed E-state index contributed by atoms with van der Waals surface area (Å²) >= 11 is 0. The van der Waals surface area contributed by atoms with Crippen molar-refractivity contribution in [2.45, 2.75) is 194 Å². The fourth-order valence-electron chi connectivity index (χ4n) is 5.24. The molecular weight excluding hydrogens is 560 g/mol. The number of hydrogen-bond acceptors (Lipinski definition) is 5. The van der Waals surface area contributed by atoms with Crippen LogP contribution in [-0.4, -0.2) is 31.3 Å². The molecule has 1 unspecified atom stereocenters. The van der Waals surface area contributed by atoms with Gasteiger partial charge in [-0.2, -0.15) is 0 Å². The van der Waals surface area contributed by atoms with Crippen LogP contribution in [0, 0.1) is 0 Å². The summed E-state index contributed by atoms with van der Waals surface area (Å²) < 4.78 is 16.5. The highest BCUT2D eigenvalue weighted by Crippen LogP contribution is 2.14. The molecule has 1 atom stereocenters. The summed E-state index contributed by atoms with van der Waals surface area (Å²) in [5.74, 6) is 0.0547. The van der Waals surface area contributed by atoms with E-state index in [1.807, 2.05) is 0 Å². The van der Waals surface area contributed by atoms with Crippen molar-refractivity contribution in [3.05, 3.63) is 36.6 Å². The molecule has 0 amide bonds. The first-order valence-corrected chi connectivity index (χ1v) is 18.9. The maximum atomic E-state index is 12.4. The van der Waals surface area contributed by atoms with Crippen molar-refractivity contribution >= 4 is 11.9 Å². The predicted octanol–water partition coefficient (Wildman–Crippen LogP) is 12.3. The van der Waals surface area contributed by atoms with Gasteiger partial charge in [0.15, 0.2) is 6.10 Å². The standard InChI is InChI=1S/C40H72O5/c1-5-7-9-11-13-15-17-19-20-22-23-25-27-29-31-33-39(41)44-36-38(35-43-37(3)4)45-40(42)34-32-30-28-26-24-21-18-16-14-12-10-8-6-2/h13,15,17,19,38H,3,5-12,14,16,18,20-36H2,1-2,4H3/b15-13-,19-17+. The highest BCUT2D eigenvalue weighted by molar-refractivity contribution is 5.70. The van der Waals surface area contributed by atoms with E-state index in [0.29, 0.717) is 18.6 Å². The lowest BCUT2D eigenvalue weighted by Crippen LogP contribution is -2.29. The van der Waals surface area contributed by atoms with E-state index >= 15 is 0 Å². The number of ether oxygens (including phenoxy) is 3. The molecule has 0 saturated heterocycles. The van der Waals surface area contributed by atoms with Crippen LogP contribution in [0.15, 0.2) is 36.6 Å². The van der Waals surface area contributed by atoms with Crippen molar-refractivity contribution in [2.24, 2.45) is 0 Å². The molecule has 0 rings (SSSR count). The Labute approximate surface area is 279 Å². The lowest BCUT2D eigenvalue weighted by Gasteiger charge is -2.18. The summed E-state index contributed by atoms with van der Waals surface area (Å²) in [5.41, 5.74) is 0. The monoisotopic (exact) mass is 633 g/mol. The minimum Gasteiger partial charge on any atom is -0.495 e. The lowest BCUT2D eigenvalue weighted by molar-refractivity contribution is -0.162. The zero-order chi connectivity index (χ0) is 33.1. The smallest absolute Gasteiger partial charge is 0.306 e. The zero-order valence-electron chi connectivity index (χ0n) is 29.9. The Morgan fingerprint density at radius 3 is 1.40 bits per heavy atom. The van der Waals surface area contributed by atoms with Crippen LogP contribution < -0.4 is 0 Å². The van der Waals surface area contributed by atoms with Crippen molar-refractivity contribution < 1.29 is 23.8 Å². The topological polar surface area (TPSA) is 61.8 Å². The zero-order valence-corrected chi connectivity index (χ0v) is 29.9. The van der Waals surface area contributed by atoms with Crippen LogP contribution in [-0.2, 0) is 23.8 Å². The molecule has 0 aliphatic carbocycles. The summed E-state index contributed by atoms with van der Waals surface area (Å²) in [6.07, 6.45) is 38.4. The first-order valence-electron chi connectivity index (χ1n) is 18.9.